The number of rotatable bonds is 4. The summed E-state index contributed by atoms with van der Waals surface area (Å²) in [4.78, 5) is 27.9. The van der Waals surface area contributed by atoms with Crippen LogP contribution in [0.15, 0.2) is 0 Å². The molecule has 1 atom stereocenters. The summed E-state index contributed by atoms with van der Waals surface area (Å²) < 4.78 is 0. The lowest BCUT2D eigenvalue weighted by molar-refractivity contribution is -0.144. The molecule has 1 aliphatic rings. The predicted molar refractivity (Wildman–Crippen MR) is 58.2 cm³/mol. The zero-order valence-corrected chi connectivity index (χ0v) is 9.59. The molecule has 3 N–H and O–H groups in total. The minimum atomic E-state index is -1.15. The number of aliphatic hydroxyl groups is 1. The van der Waals surface area contributed by atoms with Gasteiger partial charge in [0.1, 0.15) is 0 Å². The van der Waals surface area contributed by atoms with Crippen molar-refractivity contribution in [3.05, 3.63) is 0 Å². The van der Waals surface area contributed by atoms with E-state index in [1.54, 1.807) is 0 Å². The lowest BCUT2D eigenvalue weighted by atomic mass is 10.1. The molecule has 1 heterocycles. The molecule has 17 heavy (non-hydrogen) atoms. The number of nitrogens with one attached hydrogen (secondary N) is 1. The predicted octanol–water partition coefficient (Wildman–Crippen LogP) is -0.0509. The number of likely N-dealkylation sites (tertiary alicyclic amines) is 1. The number of carboxylic acid groups (broad SMARTS) is 1. The minimum absolute atomic E-state index is 0.0909. The Bertz CT molecular complexity index is 271. The largest absolute Gasteiger partial charge is 0.479 e. The Morgan fingerprint density at radius 1 is 1.35 bits per heavy atom. The molecule has 0 spiro atoms. The fourth-order valence-electron chi connectivity index (χ4n) is 1.85. The van der Waals surface area contributed by atoms with E-state index in [-0.39, 0.29) is 12.6 Å². The first kappa shape index (κ1) is 13.7. The highest BCUT2D eigenvalue weighted by atomic mass is 16.7. The van der Waals surface area contributed by atoms with Gasteiger partial charge in [-0.05, 0) is 12.8 Å². The van der Waals surface area contributed by atoms with Crippen molar-refractivity contribution in [3.63, 3.8) is 0 Å². The number of hydrogen-bond acceptors (Lipinski definition) is 4. The number of carbonyl (C=O) groups excluding carboxylic acids is 1. The quantitative estimate of drug-likeness (QED) is 0.604. The van der Waals surface area contributed by atoms with Gasteiger partial charge in [-0.25, -0.2) is 15.1 Å². The van der Waals surface area contributed by atoms with E-state index < -0.39 is 18.6 Å². The van der Waals surface area contributed by atoms with Gasteiger partial charge in [0.05, 0.1) is 12.6 Å². The lowest BCUT2D eigenvalue weighted by Crippen LogP contribution is -2.47. The zero-order valence-electron chi connectivity index (χ0n) is 9.59. The Labute approximate surface area is 99.3 Å². The second-order valence-electron chi connectivity index (χ2n) is 3.97. The van der Waals surface area contributed by atoms with Crippen molar-refractivity contribution in [1.82, 2.24) is 10.4 Å². The van der Waals surface area contributed by atoms with Crippen LogP contribution < -0.4 is 5.48 Å². The van der Waals surface area contributed by atoms with Crippen molar-refractivity contribution >= 4 is 12.0 Å². The highest BCUT2D eigenvalue weighted by Gasteiger charge is 2.24. The maximum Gasteiger partial charge on any atom is 0.341 e. The molecule has 1 unspecified atom stereocenters. The van der Waals surface area contributed by atoms with Gasteiger partial charge < -0.3 is 15.1 Å². The Kier molecular flexibility index (Phi) is 5.71. The maximum atomic E-state index is 11.7. The third-order valence-electron chi connectivity index (χ3n) is 2.70. The van der Waals surface area contributed by atoms with Crippen molar-refractivity contribution in [1.29, 1.82) is 0 Å². The second-order valence-corrected chi connectivity index (χ2v) is 3.97. The average Bonchev–Trinajstić information content (AvgIpc) is 2.52. The second kappa shape index (κ2) is 7.08. The van der Waals surface area contributed by atoms with Crippen LogP contribution in [0.3, 0.4) is 0 Å². The first-order chi connectivity index (χ1) is 8.15. The fraction of sp³-hybridized carbons (Fsp3) is 0.800. The minimum Gasteiger partial charge on any atom is -0.479 e. The molecule has 0 aromatic carbocycles. The van der Waals surface area contributed by atoms with Crippen LogP contribution in [0.5, 0.6) is 0 Å². The molecule has 0 aliphatic carbocycles. The number of carboxylic acids is 1. The van der Waals surface area contributed by atoms with Gasteiger partial charge in [-0.1, -0.05) is 12.8 Å². The van der Waals surface area contributed by atoms with Crippen molar-refractivity contribution in [3.8, 4) is 0 Å². The van der Waals surface area contributed by atoms with E-state index in [0.717, 1.165) is 25.7 Å². The van der Waals surface area contributed by atoms with E-state index in [2.05, 4.69) is 10.3 Å². The summed E-state index contributed by atoms with van der Waals surface area (Å²) in [6.07, 6.45) is 3.63. The number of urea groups is 1. The fourth-order valence-corrected chi connectivity index (χ4v) is 1.85. The van der Waals surface area contributed by atoms with Crippen LogP contribution in [0.4, 0.5) is 4.79 Å². The van der Waals surface area contributed by atoms with E-state index in [4.69, 9.17) is 5.11 Å². The van der Waals surface area contributed by atoms with Crippen molar-refractivity contribution in [2.45, 2.75) is 31.7 Å². The van der Waals surface area contributed by atoms with E-state index in [1.165, 1.54) is 4.90 Å². The van der Waals surface area contributed by atoms with Gasteiger partial charge in [-0.15, -0.1) is 0 Å². The molecule has 2 amide bonds. The molecule has 1 rings (SSSR count). The summed E-state index contributed by atoms with van der Waals surface area (Å²) in [5.74, 6) is -1.15. The molecule has 0 aromatic heterocycles. The topological polar surface area (TPSA) is 99.1 Å². The van der Waals surface area contributed by atoms with Crippen LogP contribution in [0.2, 0.25) is 0 Å². The molecule has 0 bridgehead atoms. The van der Waals surface area contributed by atoms with Crippen LogP contribution in [0, 0.1) is 0 Å². The van der Waals surface area contributed by atoms with Gasteiger partial charge >= 0.3 is 12.0 Å². The van der Waals surface area contributed by atoms with Crippen molar-refractivity contribution in [2.24, 2.45) is 0 Å². The number of hydrogen-bond donors (Lipinski definition) is 3. The number of amides is 2. The van der Waals surface area contributed by atoms with Crippen LogP contribution in [0.25, 0.3) is 0 Å². The Morgan fingerprint density at radius 3 is 2.76 bits per heavy atom. The molecule has 1 aliphatic heterocycles. The molecule has 1 saturated heterocycles. The van der Waals surface area contributed by atoms with Gasteiger partial charge in [0.2, 0.25) is 0 Å². The summed E-state index contributed by atoms with van der Waals surface area (Å²) in [7, 11) is 0. The maximum absolute atomic E-state index is 11.7. The molecule has 98 valence electrons. The Hall–Kier alpha value is -1.34. The molecule has 7 heteroatoms. The van der Waals surface area contributed by atoms with Gasteiger partial charge in [0.15, 0.2) is 6.61 Å². The van der Waals surface area contributed by atoms with Gasteiger partial charge in [-0.2, -0.15) is 0 Å². The SMILES string of the molecule is O=C(O)CONC(=O)N1CCCCCC1CO. The summed E-state index contributed by atoms with van der Waals surface area (Å²) in [5.41, 5.74) is 2.07. The molecular weight excluding hydrogens is 228 g/mol. The molecular formula is C10H18N2O5. The van der Waals surface area contributed by atoms with E-state index >= 15 is 0 Å². The first-order valence-corrected chi connectivity index (χ1v) is 5.66. The summed E-state index contributed by atoms with van der Waals surface area (Å²) in [5, 5.41) is 17.5. The highest BCUT2D eigenvalue weighted by molar-refractivity contribution is 5.74. The molecule has 0 saturated carbocycles. The monoisotopic (exact) mass is 246 g/mol. The molecule has 7 nitrogen and oxygen atoms in total. The van der Waals surface area contributed by atoms with Crippen LogP contribution in [0.1, 0.15) is 25.7 Å². The smallest absolute Gasteiger partial charge is 0.341 e. The summed E-state index contributed by atoms with van der Waals surface area (Å²) >= 11 is 0. The average molecular weight is 246 g/mol. The summed E-state index contributed by atoms with van der Waals surface area (Å²) in [6, 6.07) is -0.710. The highest BCUT2D eigenvalue weighted by Crippen LogP contribution is 2.16. The normalized spacial score (nSPS) is 20.8. The number of aliphatic carboxylic acids is 1. The van der Waals surface area contributed by atoms with Gasteiger partial charge in [-0.3, -0.25) is 4.84 Å². The standard InChI is InChI=1S/C10H18N2O5/c13-6-8-4-2-1-3-5-12(8)10(16)11-17-7-9(14)15/h8,13H,1-7H2,(H,11,16)(H,14,15). The van der Waals surface area contributed by atoms with Crippen molar-refractivity contribution < 1.29 is 24.6 Å². The Balaban J connectivity index is 2.43. The lowest BCUT2D eigenvalue weighted by Gasteiger charge is -2.28. The number of aliphatic hydroxyl groups excluding tert-OH is 1. The Morgan fingerprint density at radius 2 is 2.12 bits per heavy atom. The number of carbonyl (C=O) groups is 2. The van der Waals surface area contributed by atoms with E-state index in [9.17, 15) is 14.7 Å². The first-order valence-electron chi connectivity index (χ1n) is 5.66. The number of hydroxylamine groups is 1. The van der Waals surface area contributed by atoms with Crippen molar-refractivity contribution in [2.75, 3.05) is 19.8 Å². The van der Waals surface area contributed by atoms with E-state index in [0.29, 0.717) is 6.54 Å². The molecule has 0 radical (unpaired) electrons. The third kappa shape index (κ3) is 4.58. The van der Waals surface area contributed by atoms with Crippen LogP contribution >= 0.6 is 0 Å². The van der Waals surface area contributed by atoms with Crippen LogP contribution in [-0.2, 0) is 9.63 Å². The molecule has 1 fully saturated rings. The van der Waals surface area contributed by atoms with Crippen LogP contribution in [-0.4, -0.2) is 52.9 Å². The van der Waals surface area contributed by atoms with Gasteiger partial charge in [0, 0.05) is 6.54 Å². The van der Waals surface area contributed by atoms with Gasteiger partial charge in [0.25, 0.3) is 0 Å². The third-order valence-corrected chi connectivity index (χ3v) is 2.70. The number of nitrogens with zero attached hydrogens (tertiary/aromatic N) is 1. The van der Waals surface area contributed by atoms with E-state index in [1.807, 2.05) is 0 Å². The summed E-state index contributed by atoms with van der Waals surface area (Å²) in [6.45, 7) is -0.122. The zero-order chi connectivity index (χ0) is 12.7. The molecule has 0 aromatic rings.